The van der Waals surface area contributed by atoms with Crippen LogP contribution in [0.15, 0.2) is 53.8 Å². The highest BCUT2D eigenvalue weighted by atomic mass is 16.5. The van der Waals surface area contributed by atoms with Crippen LogP contribution in [0, 0.1) is 0 Å². The number of carbonyl (C=O) groups is 1. The maximum Gasteiger partial charge on any atom is 0.289 e. The van der Waals surface area contributed by atoms with Gasteiger partial charge in [0.05, 0.1) is 13.3 Å². The van der Waals surface area contributed by atoms with Gasteiger partial charge in [0, 0.05) is 6.20 Å². The first-order chi connectivity index (χ1) is 9.29. The number of amides is 1. The van der Waals surface area contributed by atoms with Gasteiger partial charge in [-0.05, 0) is 29.8 Å². The first kappa shape index (κ1) is 12.8. The molecule has 5 heteroatoms. The van der Waals surface area contributed by atoms with Gasteiger partial charge in [0.1, 0.15) is 11.4 Å². The zero-order valence-electron chi connectivity index (χ0n) is 10.4. The lowest BCUT2D eigenvalue weighted by Crippen LogP contribution is -2.18. The van der Waals surface area contributed by atoms with Crippen LogP contribution < -0.4 is 10.2 Å². The second-order valence-corrected chi connectivity index (χ2v) is 3.69. The summed E-state index contributed by atoms with van der Waals surface area (Å²) in [6, 6.07) is 12.5. The molecule has 0 bridgehead atoms. The average molecular weight is 255 g/mol. The summed E-state index contributed by atoms with van der Waals surface area (Å²) in [5, 5.41) is 3.87. The summed E-state index contributed by atoms with van der Waals surface area (Å²) in [6.07, 6.45) is 3.10. The molecule has 1 aromatic heterocycles. The van der Waals surface area contributed by atoms with Crippen LogP contribution in [0.3, 0.4) is 0 Å². The summed E-state index contributed by atoms with van der Waals surface area (Å²) in [5.74, 6) is 0.389. The van der Waals surface area contributed by atoms with Crippen LogP contribution in [0.4, 0.5) is 0 Å². The van der Waals surface area contributed by atoms with Gasteiger partial charge in [-0.2, -0.15) is 5.10 Å². The van der Waals surface area contributed by atoms with Crippen molar-refractivity contribution in [1.29, 1.82) is 0 Å². The molecule has 0 aliphatic carbocycles. The minimum absolute atomic E-state index is 0.324. The van der Waals surface area contributed by atoms with Gasteiger partial charge in [0.2, 0.25) is 0 Å². The van der Waals surface area contributed by atoms with E-state index in [4.69, 9.17) is 4.74 Å². The van der Waals surface area contributed by atoms with Crippen molar-refractivity contribution < 1.29 is 9.53 Å². The number of ether oxygens (including phenoxy) is 1. The molecule has 2 aromatic rings. The van der Waals surface area contributed by atoms with E-state index in [2.05, 4.69) is 15.5 Å². The number of hydrazone groups is 1. The third-order valence-corrected chi connectivity index (χ3v) is 2.37. The Labute approximate surface area is 110 Å². The monoisotopic (exact) mass is 255 g/mol. The van der Waals surface area contributed by atoms with E-state index in [1.165, 1.54) is 0 Å². The van der Waals surface area contributed by atoms with Crippen molar-refractivity contribution in [3.05, 3.63) is 59.9 Å². The van der Waals surface area contributed by atoms with Gasteiger partial charge in [-0.1, -0.05) is 18.2 Å². The molecule has 0 saturated carbocycles. The highest BCUT2D eigenvalue weighted by molar-refractivity contribution is 5.93. The van der Waals surface area contributed by atoms with Crippen molar-refractivity contribution in [3.63, 3.8) is 0 Å². The second kappa shape index (κ2) is 6.30. The lowest BCUT2D eigenvalue weighted by Gasteiger charge is -2.00. The normalized spacial score (nSPS) is 10.4. The first-order valence-corrected chi connectivity index (χ1v) is 5.68. The number of pyridine rings is 1. The fourth-order valence-electron chi connectivity index (χ4n) is 1.44. The molecule has 0 spiro atoms. The van der Waals surface area contributed by atoms with E-state index in [0.29, 0.717) is 5.69 Å². The third-order valence-electron chi connectivity index (χ3n) is 2.37. The lowest BCUT2D eigenvalue weighted by atomic mass is 10.2. The molecule has 1 heterocycles. The minimum Gasteiger partial charge on any atom is -0.497 e. The van der Waals surface area contributed by atoms with Crippen molar-refractivity contribution >= 4 is 12.1 Å². The van der Waals surface area contributed by atoms with Gasteiger partial charge in [0.25, 0.3) is 5.91 Å². The Hall–Kier alpha value is -2.69. The van der Waals surface area contributed by atoms with E-state index in [1.54, 1.807) is 37.7 Å². The smallest absolute Gasteiger partial charge is 0.289 e. The molecule has 2 rings (SSSR count). The summed E-state index contributed by atoms with van der Waals surface area (Å²) in [5.41, 5.74) is 3.57. The summed E-state index contributed by atoms with van der Waals surface area (Å²) in [7, 11) is 1.60. The molecule has 0 aliphatic rings. The molecule has 0 radical (unpaired) electrons. The predicted molar refractivity (Wildman–Crippen MR) is 72.3 cm³/mol. The third kappa shape index (κ3) is 3.64. The van der Waals surface area contributed by atoms with Gasteiger partial charge >= 0.3 is 0 Å². The van der Waals surface area contributed by atoms with Crippen molar-refractivity contribution in [1.82, 2.24) is 10.4 Å². The van der Waals surface area contributed by atoms with Gasteiger partial charge in [0.15, 0.2) is 0 Å². The van der Waals surface area contributed by atoms with Gasteiger partial charge < -0.3 is 4.74 Å². The SMILES string of the molecule is COc1cccc(/C=N/NC(=O)c2ccccn2)c1. The summed E-state index contributed by atoms with van der Waals surface area (Å²) in [4.78, 5) is 15.6. The number of aromatic nitrogens is 1. The molecule has 0 fully saturated rings. The summed E-state index contributed by atoms with van der Waals surface area (Å²) >= 11 is 0. The molecule has 0 saturated heterocycles. The van der Waals surface area contributed by atoms with Gasteiger partial charge in [-0.15, -0.1) is 0 Å². The van der Waals surface area contributed by atoms with E-state index in [-0.39, 0.29) is 5.91 Å². The van der Waals surface area contributed by atoms with Crippen molar-refractivity contribution in [2.24, 2.45) is 5.10 Å². The van der Waals surface area contributed by atoms with E-state index in [0.717, 1.165) is 11.3 Å². The molecule has 0 aliphatic heterocycles. The van der Waals surface area contributed by atoms with E-state index in [1.807, 2.05) is 24.3 Å². The van der Waals surface area contributed by atoms with Crippen LogP contribution >= 0.6 is 0 Å². The Balaban J connectivity index is 1.98. The van der Waals surface area contributed by atoms with Crippen LogP contribution in [-0.4, -0.2) is 24.2 Å². The number of hydrogen-bond donors (Lipinski definition) is 1. The molecule has 0 unspecified atom stereocenters. The molecular formula is C14H13N3O2. The van der Waals surface area contributed by atoms with Crippen molar-refractivity contribution in [2.75, 3.05) is 7.11 Å². The Morgan fingerprint density at radius 2 is 2.21 bits per heavy atom. The minimum atomic E-state index is -0.347. The molecule has 1 N–H and O–H groups in total. The Morgan fingerprint density at radius 1 is 1.32 bits per heavy atom. The van der Waals surface area contributed by atoms with Crippen LogP contribution in [0.5, 0.6) is 5.75 Å². The molecule has 5 nitrogen and oxygen atoms in total. The topological polar surface area (TPSA) is 63.6 Å². The fraction of sp³-hybridized carbons (Fsp3) is 0.0714. The molecule has 1 amide bonds. The van der Waals surface area contributed by atoms with E-state index < -0.39 is 0 Å². The maximum absolute atomic E-state index is 11.6. The highest BCUT2D eigenvalue weighted by Gasteiger charge is 2.03. The van der Waals surface area contributed by atoms with Crippen LogP contribution in [0.1, 0.15) is 16.1 Å². The number of benzene rings is 1. The van der Waals surface area contributed by atoms with E-state index >= 15 is 0 Å². The predicted octanol–water partition coefficient (Wildman–Crippen LogP) is 1.85. The molecule has 1 aromatic carbocycles. The zero-order chi connectivity index (χ0) is 13.5. The number of hydrogen-bond acceptors (Lipinski definition) is 4. The molecule has 0 atom stereocenters. The Kier molecular flexibility index (Phi) is 4.23. The Bertz CT molecular complexity index is 582. The number of carbonyl (C=O) groups excluding carboxylic acids is 1. The highest BCUT2D eigenvalue weighted by Crippen LogP contribution is 2.10. The van der Waals surface area contributed by atoms with Gasteiger partial charge in [-0.3, -0.25) is 9.78 Å². The van der Waals surface area contributed by atoms with Gasteiger partial charge in [-0.25, -0.2) is 5.43 Å². The number of nitrogens with one attached hydrogen (secondary N) is 1. The Morgan fingerprint density at radius 3 is 2.95 bits per heavy atom. The molecule has 19 heavy (non-hydrogen) atoms. The number of methoxy groups -OCH3 is 1. The second-order valence-electron chi connectivity index (χ2n) is 3.69. The van der Waals surface area contributed by atoms with Crippen molar-refractivity contribution in [3.8, 4) is 5.75 Å². The maximum atomic E-state index is 11.6. The van der Waals surface area contributed by atoms with Crippen LogP contribution in [-0.2, 0) is 0 Å². The standard InChI is InChI=1S/C14H13N3O2/c1-19-12-6-4-5-11(9-12)10-16-17-14(18)13-7-2-3-8-15-13/h2-10H,1H3,(H,17,18)/b16-10+. The van der Waals surface area contributed by atoms with Crippen LogP contribution in [0.2, 0.25) is 0 Å². The molecule has 96 valence electrons. The van der Waals surface area contributed by atoms with Crippen molar-refractivity contribution in [2.45, 2.75) is 0 Å². The van der Waals surface area contributed by atoms with Crippen LogP contribution in [0.25, 0.3) is 0 Å². The zero-order valence-corrected chi connectivity index (χ0v) is 10.4. The first-order valence-electron chi connectivity index (χ1n) is 5.68. The quantitative estimate of drug-likeness (QED) is 0.670. The summed E-state index contributed by atoms with van der Waals surface area (Å²) in [6.45, 7) is 0. The fourth-order valence-corrected chi connectivity index (χ4v) is 1.44. The number of nitrogens with zero attached hydrogens (tertiary/aromatic N) is 2. The number of rotatable bonds is 4. The summed E-state index contributed by atoms with van der Waals surface area (Å²) < 4.78 is 5.09. The van der Waals surface area contributed by atoms with E-state index in [9.17, 15) is 4.79 Å². The molecular weight excluding hydrogens is 242 g/mol. The largest absolute Gasteiger partial charge is 0.497 e. The average Bonchev–Trinajstić information content (AvgIpc) is 2.48. The lowest BCUT2D eigenvalue weighted by molar-refractivity contribution is 0.0950.